The molecule has 1 N–H and O–H groups in total. The van der Waals surface area contributed by atoms with Gasteiger partial charge in [0, 0.05) is 12.2 Å². The van der Waals surface area contributed by atoms with Crippen molar-refractivity contribution in [3.8, 4) is 0 Å². The minimum atomic E-state index is 0.280. The number of anilines is 1. The summed E-state index contributed by atoms with van der Waals surface area (Å²) >= 11 is 1.85. The molecule has 1 aliphatic heterocycles. The van der Waals surface area contributed by atoms with Crippen LogP contribution in [0.3, 0.4) is 0 Å². The monoisotopic (exact) mass is 289 g/mol. The molecular formula is C15H19N3OS. The van der Waals surface area contributed by atoms with Crippen LogP contribution < -0.4 is 5.32 Å². The van der Waals surface area contributed by atoms with E-state index in [1.807, 2.05) is 11.8 Å². The fourth-order valence-corrected chi connectivity index (χ4v) is 3.15. The summed E-state index contributed by atoms with van der Waals surface area (Å²) < 4.78 is 5.44. The molecule has 0 bridgehead atoms. The van der Waals surface area contributed by atoms with Crippen LogP contribution in [0.5, 0.6) is 0 Å². The molecule has 1 aliphatic rings. The molecule has 2 heterocycles. The molecule has 106 valence electrons. The van der Waals surface area contributed by atoms with Crippen LogP contribution in [-0.4, -0.2) is 22.4 Å². The summed E-state index contributed by atoms with van der Waals surface area (Å²) in [6.07, 6.45) is 2.14. The minimum absolute atomic E-state index is 0.280. The van der Waals surface area contributed by atoms with Gasteiger partial charge in [0.15, 0.2) is 5.82 Å². The maximum Gasteiger partial charge on any atom is 0.231 e. The zero-order valence-electron chi connectivity index (χ0n) is 11.6. The van der Waals surface area contributed by atoms with E-state index in [0.717, 1.165) is 36.2 Å². The van der Waals surface area contributed by atoms with Gasteiger partial charge in [-0.05, 0) is 30.2 Å². The van der Waals surface area contributed by atoms with Crippen LogP contribution in [0.15, 0.2) is 28.8 Å². The van der Waals surface area contributed by atoms with Gasteiger partial charge in [-0.15, -0.1) is 0 Å². The first kappa shape index (κ1) is 13.5. The van der Waals surface area contributed by atoms with Crippen LogP contribution in [0.1, 0.15) is 36.5 Å². The second-order valence-corrected chi connectivity index (χ2v) is 6.15. The van der Waals surface area contributed by atoms with Crippen LogP contribution in [0.2, 0.25) is 0 Å². The summed E-state index contributed by atoms with van der Waals surface area (Å²) in [4.78, 5) is 4.54. The second-order valence-electron chi connectivity index (χ2n) is 5.04. The summed E-state index contributed by atoms with van der Waals surface area (Å²) in [5.41, 5.74) is 2.55. The van der Waals surface area contributed by atoms with Crippen molar-refractivity contribution in [1.82, 2.24) is 10.1 Å². The number of rotatable bonds is 5. The number of para-hydroxylation sites is 1. The van der Waals surface area contributed by atoms with Gasteiger partial charge in [-0.1, -0.05) is 30.3 Å². The average molecular weight is 289 g/mol. The topological polar surface area (TPSA) is 51.0 Å². The molecule has 2 aromatic rings. The predicted molar refractivity (Wildman–Crippen MR) is 82.1 cm³/mol. The van der Waals surface area contributed by atoms with E-state index in [1.165, 1.54) is 17.7 Å². The molecule has 3 rings (SSSR count). The lowest BCUT2D eigenvalue weighted by molar-refractivity contribution is 0.351. The molecule has 0 aliphatic carbocycles. The molecule has 5 heteroatoms. The maximum atomic E-state index is 5.44. The van der Waals surface area contributed by atoms with Gasteiger partial charge in [0.2, 0.25) is 5.89 Å². The smallest absolute Gasteiger partial charge is 0.231 e. The Morgan fingerprint density at radius 3 is 3.20 bits per heavy atom. The highest BCUT2D eigenvalue weighted by Crippen LogP contribution is 2.29. The zero-order valence-corrected chi connectivity index (χ0v) is 12.4. The van der Waals surface area contributed by atoms with E-state index in [-0.39, 0.29) is 5.92 Å². The van der Waals surface area contributed by atoms with Crippen LogP contribution in [-0.2, 0) is 12.2 Å². The van der Waals surface area contributed by atoms with E-state index in [9.17, 15) is 0 Å². The molecule has 0 saturated heterocycles. The summed E-state index contributed by atoms with van der Waals surface area (Å²) in [5.74, 6) is 3.84. The molecule has 0 fully saturated rings. The number of benzene rings is 1. The Balaban J connectivity index is 1.66. The lowest BCUT2D eigenvalue weighted by Crippen LogP contribution is -2.21. The van der Waals surface area contributed by atoms with Crippen molar-refractivity contribution in [3.05, 3.63) is 41.5 Å². The third-order valence-electron chi connectivity index (χ3n) is 3.44. The summed E-state index contributed by atoms with van der Waals surface area (Å²) in [6, 6.07) is 8.40. The van der Waals surface area contributed by atoms with Gasteiger partial charge in [-0.25, -0.2) is 0 Å². The maximum absolute atomic E-state index is 5.44. The van der Waals surface area contributed by atoms with E-state index >= 15 is 0 Å². The Labute approximate surface area is 123 Å². The highest BCUT2D eigenvalue weighted by Gasteiger charge is 2.24. The number of nitrogens with zero attached hydrogens (tertiary/aromatic N) is 2. The van der Waals surface area contributed by atoms with Gasteiger partial charge in [0.1, 0.15) is 0 Å². The number of hydrogen-bond acceptors (Lipinski definition) is 5. The van der Waals surface area contributed by atoms with Crippen LogP contribution >= 0.6 is 11.8 Å². The molecule has 1 atom stereocenters. The van der Waals surface area contributed by atoms with Gasteiger partial charge < -0.3 is 9.84 Å². The molecule has 4 nitrogen and oxygen atoms in total. The highest BCUT2D eigenvalue weighted by atomic mass is 32.2. The molecule has 20 heavy (non-hydrogen) atoms. The fraction of sp³-hybridized carbons (Fsp3) is 0.467. The lowest BCUT2D eigenvalue weighted by Gasteiger charge is -2.23. The zero-order chi connectivity index (χ0) is 13.8. The predicted octanol–water partition coefficient (Wildman–Crippen LogP) is 3.46. The van der Waals surface area contributed by atoms with Crippen molar-refractivity contribution >= 4 is 17.4 Å². The number of fused-ring (bicyclic) bond motifs is 1. The van der Waals surface area contributed by atoms with Crippen molar-refractivity contribution in [2.45, 2.75) is 31.4 Å². The van der Waals surface area contributed by atoms with Crippen molar-refractivity contribution in [2.24, 2.45) is 0 Å². The SMILES string of the molecule is CCCSCc1noc(C2CNc3ccccc3C2)n1. The summed E-state index contributed by atoms with van der Waals surface area (Å²) in [5, 5.41) is 7.52. The molecule has 1 unspecified atom stereocenters. The number of nitrogens with one attached hydrogen (secondary N) is 1. The molecular weight excluding hydrogens is 270 g/mol. The van der Waals surface area contributed by atoms with E-state index in [4.69, 9.17) is 4.52 Å². The first-order valence-electron chi connectivity index (χ1n) is 7.09. The van der Waals surface area contributed by atoms with Crippen LogP contribution in [0, 0.1) is 0 Å². The minimum Gasteiger partial charge on any atom is -0.384 e. The first-order chi connectivity index (χ1) is 9.86. The Bertz CT molecular complexity index is 570. The largest absolute Gasteiger partial charge is 0.384 e. The Hall–Kier alpha value is -1.49. The molecule has 0 amide bonds. The van der Waals surface area contributed by atoms with Gasteiger partial charge >= 0.3 is 0 Å². The van der Waals surface area contributed by atoms with E-state index < -0.39 is 0 Å². The average Bonchev–Trinajstić information content (AvgIpc) is 2.96. The molecule has 1 aromatic heterocycles. The normalized spacial score (nSPS) is 17.6. The Morgan fingerprint density at radius 1 is 1.40 bits per heavy atom. The number of aromatic nitrogens is 2. The fourth-order valence-electron chi connectivity index (χ4n) is 2.42. The molecule has 0 radical (unpaired) electrons. The highest BCUT2D eigenvalue weighted by molar-refractivity contribution is 7.98. The third-order valence-corrected chi connectivity index (χ3v) is 4.59. The third kappa shape index (κ3) is 2.98. The van der Waals surface area contributed by atoms with E-state index in [2.05, 4.69) is 46.6 Å². The van der Waals surface area contributed by atoms with Gasteiger partial charge in [-0.3, -0.25) is 0 Å². The molecule has 0 saturated carbocycles. The van der Waals surface area contributed by atoms with Gasteiger partial charge in [-0.2, -0.15) is 16.7 Å². The second kappa shape index (κ2) is 6.31. The summed E-state index contributed by atoms with van der Waals surface area (Å²) in [7, 11) is 0. The van der Waals surface area contributed by atoms with E-state index in [1.54, 1.807) is 0 Å². The van der Waals surface area contributed by atoms with Gasteiger partial charge in [0.25, 0.3) is 0 Å². The number of thioether (sulfide) groups is 1. The molecule has 1 aromatic carbocycles. The number of hydrogen-bond donors (Lipinski definition) is 1. The Kier molecular flexibility index (Phi) is 4.25. The van der Waals surface area contributed by atoms with Gasteiger partial charge in [0.05, 0.1) is 11.7 Å². The van der Waals surface area contributed by atoms with Crippen molar-refractivity contribution in [2.75, 3.05) is 17.6 Å². The van der Waals surface area contributed by atoms with Crippen molar-refractivity contribution < 1.29 is 4.52 Å². The van der Waals surface area contributed by atoms with E-state index in [0.29, 0.717) is 0 Å². The standard InChI is InChI=1S/C15H19N3OS/c1-2-7-20-10-14-17-15(19-18-14)12-8-11-5-3-4-6-13(11)16-9-12/h3-6,12,16H,2,7-10H2,1H3. The molecule has 0 spiro atoms. The van der Waals surface area contributed by atoms with Crippen molar-refractivity contribution in [3.63, 3.8) is 0 Å². The van der Waals surface area contributed by atoms with Crippen LogP contribution in [0.25, 0.3) is 0 Å². The lowest BCUT2D eigenvalue weighted by atomic mass is 9.94. The quantitative estimate of drug-likeness (QED) is 0.854. The first-order valence-corrected chi connectivity index (χ1v) is 8.24. The Morgan fingerprint density at radius 2 is 2.30 bits per heavy atom. The van der Waals surface area contributed by atoms with Crippen molar-refractivity contribution in [1.29, 1.82) is 0 Å². The van der Waals surface area contributed by atoms with Crippen LogP contribution in [0.4, 0.5) is 5.69 Å². The summed E-state index contributed by atoms with van der Waals surface area (Å²) in [6.45, 7) is 3.04.